The van der Waals surface area contributed by atoms with Crippen LogP contribution in [0.15, 0.2) is 0 Å². The van der Waals surface area contributed by atoms with E-state index >= 15 is 0 Å². The van der Waals surface area contributed by atoms with E-state index in [1.54, 1.807) is 0 Å². The van der Waals surface area contributed by atoms with Crippen molar-refractivity contribution in [3.63, 3.8) is 0 Å². The highest BCUT2D eigenvalue weighted by molar-refractivity contribution is 4.69. The van der Waals surface area contributed by atoms with Gasteiger partial charge in [-0.05, 0) is 39.8 Å². The Morgan fingerprint density at radius 3 is 1.25 bits per heavy atom. The largest absolute Gasteiger partial charge is 1.00 e. The first kappa shape index (κ1) is 30.6. The van der Waals surface area contributed by atoms with Gasteiger partial charge in [-0.1, -0.05) is 26.7 Å². The number of unbranched alkanes of at least 4 members (excludes halogenated alkanes) is 2. The fourth-order valence-corrected chi connectivity index (χ4v) is 3.78. The van der Waals surface area contributed by atoms with Crippen LogP contribution < -0.4 is 24.8 Å². The smallest absolute Gasteiger partial charge is 0.0986 e. The number of likely N-dealkylation sites (N-methyl/N-ethyl adjacent to an activating group) is 2. The fraction of sp³-hybridized carbons (Fsp3) is 1.00. The lowest BCUT2D eigenvalue weighted by atomic mass is 10.1. The predicted octanol–water partition coefficient (Wildman–Crippen LogP) is -2.86. The Morgan fingerprint density at radius 1 is 0.679 bits per heavy atom. The third-order valence-electron chi connectivity index (χ3n) is 7.07. The average Bonchev–Trinajstić information content (AvgIpc) is 2.58. The minimum atomic E-state index is 0. The highest BCUT2D eigenvalue weighted by atomic mass is 35.5. The van der Waals surface area contributed by atoms with Gasteiger partial charge in [0, 0.05) is 13.1 Å². The highest BCUT2D eigenvalue weighted by Gasteiger charge is 2.31. The molecule has 0 N–H and O–H groups in total. The molecule has 2 rings (SSSR count). The Labute approximate surface area is 189 Å². The van der Waals surface area contributed by atoms with E-state index in [-0.39, 0.29) is 24.8 Å². The topological polar surface area (TPSA) is 6.48 Å². The quantitative estimate of drug-likeness (QED) is 0.410. The van der Waals surface area contributed by atoms with E-state index in [0.29, 0.717) is 0 Å². The summed E-state index contributed by atoms with van der Waals surface area (Å²) in [4.78, 5) is 5.25. The second-order valence-corrected chi connectivity index (χ2v) is 10.0. The minimum Gasteiger partial charge on any atom is -1.00 e. The van der Waals surface area contributed by atoms with Crippen molar-refractivity contribution in [2.45, 2.75) is 65.5 Å². The maximum absolute atomic E-state index is 2.62. The van der Waals surface area contributed by atoms with Crippen molar-refractivity contribution in [1.82, 2.24) is 9.80 Å². The van der Waals surface area contributed by atoms with Crippen LogP contribution in [-0.4, -0.2) is 111 Å². The molecule has 0 spiro atoms. The molecule has 0 aromatic rings. The van der Waals surface area contributed by atoms with Gasteiger partial charge < -0.3 is 33.8 Å². The lowest BCUT2D eigenvalue weighted by molar-refractivity contribution is -0.917. The second-order valence-electron chi connectivity index (χ2n) is 10.0. The summed E-state index contributed by atoms with van der Waals surface area (Å²) in [5, 5.41) is 0. The predicted molar refractivity (Wildman–Crippen MR) is 116 cm³/mol. The molecule has 0 amide bonds. The molecule has 2 saturated heterocycles. The van der Waals surface area contributed by atoms with Gasteiger partial charge in [-0.3, -0.25) is 9.80 Å². The summed E-state index contributed by atoms with van der Waals surface area (Å²) in [6.45, 7) is 19.7. The molecule has 0 aromatic carbocycles. The van der Waals surface area contributed by atoms with Crippen molar-refractivity contribution in [2.75, 3.05) is 80.5 Å². The number of piperazine rings is 2. The zero-order valence-corrected chi connectivity index (χ0v) is 21.7. The number of nitrogens with zero attached hydrogens (tertiary/aromatic N) is 4. The van der Waals surface area contributed by atoms with E-state index in [1.165, 1.54) is 87.0 Å². The average molecular weight is 442 g/mol. The minimum absolute atomic E-state index is 0. The SMILES string of the molecule is CCCCN1CC[N+](C)(C)C(C)C1.CCCCN1CC[N+](C)(C)C(C)C1.[Cl-].[Cl-]. The monoisotopic (exact) mass is 440 g/mol. The first-order valence-corrected chi connectivity index (χ1v) is 11.2. The molecule has 2 atom stereocenters. The molecule has 2 aliphatic heterocycles. The van der Waals surface area contributed by atoms with Gasteiger partial charge in [0.2, 0.25) is 0 Å². The van der Waals surface area contributed by atoms with Crippen molar-refractivity contribution in [3.05, 3.63) is 0 Å². The van der Waals surface area contributed by atoms with E-state index in [1.807, 2.05) is 0 Å². The second kappa shape index (κ2) is 14.4. The van der Waals surface area contributed by atoms with E-state index in [4.69, 9.17) is 0 Å². The Balaban J connectivity index is 0. The van der Waals surface area contributed by atoms with E-state index < -0.39 is 0 Å². The van der Waals surface area contributed by atoms with Crippen molar-refractivity contribution in [2.24, 2.45) is 0 Å². The Hall–Kier alpha value is 0.420. The van der Waals surface area contributed by atoms with Crippen molar-refractivity contribution >= 4 is 0 Å². The van der Waals surface area contributed by atoms with Gasteiger partial charge in [-0.25, -0.2) is 0 Å². The maximum Gasteiger partial charge on any atom is 0.0986 e. The summed E-state index contributed by atoms with van der Waals surface area (Å²) in [5.41, 5.74) is 0. The van der Waals surface area contributed by atoms with Gasteiger partial charge in [0.05, 0.1) is 66.5 Å². The van der Waals surface area contributed by atoms with Gasteiger partial charge >= 0.3 is 0 Å². The molecule has 0 saturated carbocycles. The number of rotatable bonds is 6. The van der Waals surface area contributed by atoms with Gasteiger partial charge in [0.15, 0.2) is 0 Å². The Morgan fingerprint density at radius 2 is 1.00 bits per heavy atom. The number of hydrogen-bond donors (Lipinski definition) is 0. The van der Waals surface area contributed by atoms with Crippen molar-refractivity contribution in [1.29, 1.82) is 0 Å². The van der Waals surface area contributed by atoms with Crippen LogP contribution >= 0.6 is 0 Å². The molecular weight excluding hydrogens is 391 g/mol. The lowest BCUT2D eigenvalue weighted by Crippen LogP contribution is -3.00. The molecular formula is C22H50Cl2N4. The van der Waals surface area contributed by atoms with E-state index in [0.717, 1.165) is 12.1 Å². The molecule has 0 radical (unpaired) electrons. The molecule has 4 nitrogen and oxygen atoms in total. The molecule has 0 aliphatic carbocycles. The first-order valence-electron chi connectivity index (χ1n) is 11.2. The molecule has 6 heteroatoms. The number of hydrogen-bond acceptors (Lipinski definition) is 2. The van der Waals surface area contributed by atoms with Crippen LogP contribution in [0.3, 0.4) is 0 Å². The molecule has 2 heterocycles. The highest BCUT2D eigenvalue weighted by Crippen LogP contribution is 2.15. The van der Waals surface area contributed by atoms with Crippen molar-refractivity contribution in [3.8, 4) is 0 Å². The number of halogens is 2. The normalized spacial score (nSPS) is 27.0. The zero-order valence-electron chi connectivity index (χ0n) is 20.2. The van der Waals surface area contributed by atoms with Crippen molar-refractivity contribution < 1.29 is 33.8 Å². The first-order chi connectivity index (χ1) is 12.1. The number of quaternary nitrogens is 2. The molecule has 172 valence electrons. The molecule has 0 aromatic heterocycles. The summed E-state index contributed by atoms with van der Waals surface area (Å²) in [5.74, 6) is 0. The van der Waals surface area contributed by atoms with E-state index in [9.17, 15) is 0 Å². The standard InChI is InChI=1S/2C11H25N2.2ClH/c2*1-5-6-7-12-8-9-13(3,4)11(2)10-12;;/h2*11H,5-10H2,1-4H3;2*1H/q2*+1;;/p-2. The van der Waals surface area contributed by atoms with Gasteiger partial charge in [0.25, 0.3) is 0 Å². The zero-order chi connectivity index (χ0) is 19.8. The summed E-state index contributed by atoms with van der Waals surface area (Å²) < 4.78 is 2.39. The third-order valence-corrected chi connectivity index (χ3v) is 7.07. The molecule has 0 bridgehead atoms. The third kappa shape index (κ3) is 10.4. The molecule has 2 unspecified atom stereocenters. The summed E-state index contributed by atoms with van der Waals surface area (Å²) in [6.07, 6.45) is 5.37. The molecule has 28 heavy (non-hydrogen) atoms. The van der Waals surface area contributed by atoms with Crippen LogP contribution in [0.2, 0.25) is 0 Å². The Kier molecular flexibility index (Phi) is 15.8. The van der Waals surface area contributed by atoms with Gasteiger partial charge in [-0.2, -0.15) is 0 Å². The van der Waals surface area contributed by atoms with Crippen LogP contribution in [0.4, 0.5) is 0 Å². The summed E-state index contributed by atoms with van der Waals surface area (Å²) in [7, 11) is 9.40. The summed E-state index contributed by atoms with van der Waals surface area (Å²) in [6, 6.07) is 1.59. The molecule has 2 fully saturated rings. The maximum atomic E-state index is 2.62. The lowest BCUT2D eigenvalue weighted by Gasteiger charge is -2.44. The van der Waals surface area contributed by atoms with Gasteiger partial charge in [-0.15, -0.1) is 0 Å². The summed E-state index contributed by atoms with van der Waals surface area (Å²) >= 11 is 0. The van der Waals surface area contributed by atoms with Crippen LogP contribution in [0.5, 0.6) is 0 Å². The Bertz CT molecular complexity index is 355. The van der Waals surface area contributed by atoms with Crippen LogP contribution in [0.25, 0.3) is 0 Å². The van der Waals surface area contributed by atoms with E-state index in [2.05, 4.69) is 65.7 Å². The van der Waals surface area contributed by atoms with Crippen LogP contribution in [0.1, 0.15) is 53.4 Å². The van der Waals surface area contributed by atoms with Crippen LogP contribution in [0, 0.1) is 0 Å². The fourth-order valence-electron chi connectivity index (χ4n) is 3.78. The molecule has 2 aliphatic rings. The van der Waals surface area contributed by atoms with Crippen LogP contribution in [-0.2, 0) is 0 Å². The van der Waals surface area contributed by atoms with Gasteiger partial charge in [0.1, 0.15) is 0 Å².